The van der Waals surface area contributed by atoms with Crippen molar-refractivity contribution in [3.63, 3.8) is 0 Å². The monoisotopic (exact) mass is 233 g/mol. The van der Waals surface area contributed by atoms with Crippen molar-refractivity contribution in [2.45, 2.75) is 6.92 Å². The van der Waals surface area contributed by atoms with E-state index in [9.17, 15) is 10.1 Å². The molecule has 12 heavy (non-hydrogen) atoms. The average molecular weight is 232 g/mol. The molecule has 4 nitrogen and oxygen atoms in total. The zero-order valence-corrected chi connectivity index (χ0v) is 8.06. The Labute approximate surface area is 75.9 Å². The molecule has 0 saturated heterocycles. The van der Waals surface area contributed by atoms with Gasteiger partial charge in [-0.3, -0.25) is 0 Å². The molecule has 0 fully saturated rings. The second-order valence-corrected chi connectivity index (χ2v) is 3.63. The number of aryl methyl sites for hydroxylation is 1. The number of nitrogens with zero attached hydrogens (tertiary/aromatic N) is 1. The van der Waals surface area contributed by atoms with Crippen LogP contribution in [0.25, 0.3) is 0 Å². The second kappa shape index (κ2) is 3.67. The molecule has 0 unspecified atom stereocenters. The van der Waals surface area contributed by atoms with Gasteiger partial charge in [-0.15, -0.1) is 0 Å². The Hall–Kier alpha value is -0.901. The Morgan fingerprint density at radius 3 is 2.75 bits per heavy atom. The molecule has 0 aromatic heterocycles. The fourth-order valence-electron chi connectivity index (χ4n) is 0.847. The Bertz CT molecular complexity index is 314. The van der Waals surface area contributed by atoms with Gasteiger partial charge in [-0.05, 0) is 0 Å². The first kappa shape index (κ1) is 9.19. The van der Waals surface area contributed by atoms with Gasteiger partial charge in [0.2, 0.25) is 0 Å². The molecule has 0 aliphatic heterocycles. The van der Waals surface area contributed by atoms with Crippen LogP contribution in [0, 0.1) is 17.0 Å². The summed E-state index contributed by atoms with van der Waals surface area (Å²) in [7, 11) is 0. The molecule has 0 spiro atoms. The van der Waals surface area contributed by atoms with Gasteiger partial charge < -0.3 is 0 Å². The molecule has 0 aliphatic rings. The van der Waals surface area contributed by atoms with Crippen LogP contribution in [-0.2, 0) is 0 Å². The van der Waals surface area contributed by atoms with Crippen molar-refractivity contribution in [2.75, 3.05) is 0 Å². The molecule has 0 saturated carbocycles. The van der Waals surface area contributed by atoms with Gasteiger partial charge in [0.15, 0.2) is 0 Å². The van der Waals surface area contributed by atoms with Crippen molar-refractivity contribution >= 4 is 25.4 Å². The molecule has 0 amide bonds. The first-order valence-corrected chi connectivity index (χ1v) is 4.84. The van der Waals surface area contributed by atoms with Crippen molar-refractivity contribution in [2.24, 2.45) is 0 Å². The molecule has 0 atom stereocenters. The second-order valence-electron chi connectivity index (χ2n) is 2.32. The molecule has 1 aromatic rings. The predicted molar refractivity (Wildman–Crippen MR) is 45.4 cm³/mol. The fraction of sp³-hybridized carbons (Fsp3) is 0.143. The van der Waals surface area contributed by atoms with E-state index >= 15 is 0 Å². The standard InChI is InChI=1S/C7H7NO3Se/c1-5-2-3-7(12-11)6(4-5)8(9)10/h2-4,11H,1H3. The summed E-state index contributed by atoms with van der Waals surface area (Å²) in [6.45, 7) is 1.78. The summed E-state index contributed by atoms with van der Waals surface area (Å²) in [4.78, 5) is 9.97. The minimum atomic E-state index is -0.809. The number of nitro groups is 1. The number of rotatable bonds is 2. The maximum atomic E-state index is 10.4. The van der Waals surface area contributed by atoms with E-state index in [-0.39, 0.29) is 5.69 Å². The molecule has 0 bridgehead atoms. The van der Waals surface area contributed by atoms with Gasteiger partial charge in [-0.25, -0.2) is 0 Å². The van der Waals surface area contributed by atoms with Gasteiger partial charge >= 0.3 is 75.3 Å². The molecule has 1 aromatic carbocycles. The van der Waals surface area contributed by atoms with E-state index in [0.717, 1.165) is 5.56 Å². The molecule has 5 heteroatoms. The Morgan fingerprint density at radius 1 is 1.58 bits per heavy atom. The van der Waals surface area contributed by atoms with Crippen molar-refractivity contribution in [1.82, 2.24) is 0 Å². The van der Waals surface area contributed by atoms with Crippen LogP contribution in [0.1, 0.15) is 5.56 Å². The van der Waals surface area contributed by atoms with E-state index in [1.807, 2.05) is 0 Å². The van der Waals surface area contributed by atoms with Crippen LogP contribution in [-0.4, -0.2) is 24.4 Å². The van der Waals surface area contributed by atoms with Crippen LogP contribution in [0.3, 0.4) is 0 Å². The van der Waals surface area contributed by atoms with Crippen LogP contribution in [0.5, 0.6) is 0 Å². The van der Waals surface area contributed by atoms with Crippen molar-refractivity contribution in [1.29, 1.82) is 0 Å². The van der Waals surface area contributed by atoms with Gasteiger partial charge in [0.05, 0.1) is 0 Å². The summed E-state index contributed by atoms with van der Waals surface area (Å²) >= 11 is -0.809. The third kappa shape index (κ3) is 1.82. The minimum absolute atomic E-state index is 0.0116. The summed E-state index contributed by atoms with van der Waals surface area (Å²) in [5.74, 6) is 0. The van der Waals surface area contributed by atoms with Gasteiger partial charge in [-0.2, -0.15) is 0 Å². The number of hydrogen-bond acceptors (Lipinski definition) is 3. The van der Waals surface area contributed by atoms with Crippen LogP contribution in [0.15, 0.2) is 18.2 Å². The van der Waals surface area contributed by atoms with E-state index in [4.69, 9.17) is 4.19 Å². The first-order valence-electron chi connectivity index (χ1n) is 3.21. The zero-order chi connectivity index (χ0) is 9.14. The molecule has 1 N–H and O–H groups in total. The van der Waals surface area contributed by atoms with E-state index in [2.05, 4.69) is 0 Å². The average Bonchev–Trinajstić information content (AvgIpc) is 2.04. The summed E-state index contributed by atoms with van der Waals surface area (Å²) in [6.07, 6.45) is 0. The topological polar surface area (TPSA) is 63.4 Å². The van der Waals surface area contributed by atoms with E-state index in [1.165, 1.54) is 6.07 Å². The Balaban J connectivity index is 3.21. The van der Waals surface area contributed by atoms with Crippen LogP contribution >= 0.6 is 0 Å². The van der Waals surface area contributed by atoms with Gasteiger partial charge in [0, 0.05) is 0 Å². The van der Waals surface area contributed by atoms with Crippen molar-refractivity contribution in [3.8, 4) is 0 Å². The first-order chi connectivity index (χ1) is 5.65. The number of hydrogen-bond donors (Lipinski definition) is 1. The number of benzene rings is 1. The van der Waals surface area contributed by atoms with Crippen LogP contribution in [0.2, 0.25) is 0 Å². The summed E-state index contributed by atoms with van der Waals surface area (Å²) in [5.41, 5.74) is 0.840. The molecule has 1 rings (SSSR count). The molecule has 64 valence electrons. The van der Waals surface area contributed by atoms with E-state index < -0.39 is 20.2 Å². The zero-order valence-electron chi connectivity index (χ0n) is 6.35. The SMILES string of the molecule is Cc1ccc([Se]O)c([N+](=O)[O-])c1. The third-order valence-electron chi connectivity index (χ3n) is 1.41. The van der Waals surface area contributed by atoms with Gasteiger partial charge in [-0.1, -0.05) is 0 Å². The normalized spacial score (nSPS) is 9.83. The van der Waals surface area contributed by atoms with E-state index in [1.54, 1.807) is 19.1 Å². The molecular weight excluding hydrogens is 225 g/mol. The third-order valence-corrected chi connectivity index (χ3v) is 2.55. The Morgan fingerprint density at radius 2 is 2.25 bits per heavy atom. The predicted octanol–water partition coefficient (Wildman–Crippen LogP) is 0.140. The summed E-state index contributed by atoms with van der Waals surface area (Å²) < 4.78 is 9.23. The number of nitro benzene ring substituents is 1. The van der Waals surface area contributed by atoms with E-state index in [0.29, 0.717) is 4.46 Å². The molecule has 0 heterocycles. The summed E-state index contributed by atoms with van der Waals surface area (Å²) in [6, 6.07) is 4.81. The van der Waals surface area contributed by atoms with Gasteiger partial charge in [0.25, 0.3) is 0 Å². The Kier molecular flexibility index (Phi) is 2.81. The molecule has 0 radical (unpaired) electrons. The van der Waals surface area contributed by atoms with Crippen LogP contribution < -0.4 is 4.46 Å². The molecule has 0 aliphatic carbocycles. The quantitative estimate of drug-likeness (QED) is 0.448. The van der Waals surface area contributed by atoms with Gasteiger partial charge in [0.1, 0.15) is 0 Å². The fourth-order valence-corrected chi connectivity index (χ4v) is 1.59. The maximum absolute atomic E-state index is 10.4. The van der Waals surface area contributed by atoms with Crippen molar-refractivity contribution in [3.05, 3.63) is 33.9 Å². The van der Waals surface area contributed by atoms with Crippen LogP contribution in [0.4, 0.5) is 5.69 Å². The van der Waals surface area contributed by atoms with Crippen molar-refractivity contribution < 1.29 is 9.11 Å². The summed E-state index contributed by atoms with van der Waals surface area (Å²) in [5, 5.41) is 10.4. The molecular formula is C7H7NO3Se.